The van der Waals surface area contributed by atoms with Crippen molar-refractivity contribution in [2.45, 2.75) is 0 Å². The Bertz CT molecular complexity index is 670. The Hall–Kier alpha value is -1.31. The molecule has 0 amide bonds. The van der Waals surface area contributed by atoms with Gasteiger partial charge in [-0.15, -0.1) is 0 Å². The van der Waals surface area contributed by atoms with Gasteiger partial charge in [0.2, 0.25) is 0 Å². The Morgan fingerprint density at radius 2 is 1.57 bits per heavy atom. The average molecular weight is 341 g/mol. The minimum absolute atomic E-state index is 0.191. The van der Waals surface area contributed by atoms with Crippen LogP contribution in [0.2, 0.25) is 10.0 Å². The highest BCUT2D eigenvalue weighted by atomic mass is 35.5. The molecular weight excluding hydrogens is 330 g/mol. The molecular formula is C13H11BCl2N2O2S. The average Bonchev–Trinajstić information content (AvgIpc) is 2.43. The summed E-state index contributed by atoms with van der Waals surface area (Å²) in [6, 6.07) is 12.0. The Morgan fingerprint density at radius 1 is 0.952 bits per heavy atom. The van der Waals surface area contributed by atoms with Gasteiger partial charge in [-0.05, 0) is 30.4 Å². The normalized spacial score (nSPS) is 10.1. The van der Waals surface area contributed by atoms with Crippen LogP contribution in [0.3, 0.4) is 0 Å². The number of anilines is 2. The number of thiocarbonyl (C=S) groups is 1. The molecule has 0 saturated carbocycles. The standard InChI is InChI=1S/C13H11BCl2N2O2S/c15-9-5-1-2-6-10(9)17-13(21)18-11-7-3-4-8(12(11)16)14(19)20/h1-7,19-20H,(H2,17,18,21). The number of halogens is 2. The third-order valence-corrected chi connectivity index (χ3v) is 3.63. The highest BCUT2D eigenvalue weighted by molar-refractivity contribution is 7.80. The highest BCUT2D eigenvalue weighted by Gasteiger charge is 2.17. The first-order chi connectivity index (χ1) is 9.99. The molecule has 4 N–H and O–H groups in total. The van der Waals surface area contributed by atoms with Gasteiger partial charge in [-0.25, -0.2) is 0 Å². The second-order valence-corrected chi connectivity index (χ2v) is 5.33. The van der Waals surface area contributed by atoms with Gasteiger partial charge in [0.25, 0.3) is 0 Å². The van der Waals surface area contributed by atoms with Gasteiger partial charge in [-0.3, -0.25) is 0 Å². The summed E-state index contributed by atoms with van der Waals surface area (Å²) in [6.45, 7) is 0. The van der Waals surface area contributed by atoms with Crippen molar-refractivity contribution in [3.8, 4) is 0 Å². The Kier molecular flexibility index (Phi) is 5.44. The van der Waals surface area contributed by atoms with Crippen LogP contribution in [-0.2, 0) is 0 Å². The fourth-order valence-corrected chi connectivity index (χ4v) is 2.36. The fraction of sp³-hybridized carbons (Fsp3) is 0. The maximum Gasteiger partial charge on any atom is 0.490 e. The van der Waals surface area contributed by atoms with Crippen molar-refractivity contribution in [1.29, 1.82) is 0 Å². The molecule has 0 aromatic heterocycles. The van der Waals surface area contributed by atoms with Crippen molar-refractivity contribution in [3.05, 3.63) is 52.5 Å². The second-order valence-electron chi connectivity index (χ2n) is 4.14. The molecule has 0 atom stereocenters. The van der Waals surface area contributed by atoms with Crippen LogP contribution in [-0.4, -0.2) is 22.3 Å². The molecule has 0 aliphatic rings. The van der Waals surface area contributed by atoms with E-state index in [1.54, 1.807) is 24.3 Å². The summed E-state index contributed by atoms with van der Waals surface area (Å²) in [4.78, 5) is 0. The number of rotatable bonds is 3. The summed E-state index contributed by atoms with van der Waals surface area (Å²) in [5.41, 5.74) is 1.32. The van der Waals surface area contributed by atoms with E-state index in [2.05, 4.69) is 10.6 Å². The summed E-state index contributed by atoms with van der Waals surface area (Å²) in [7, 11) is -1.65. The van der Waals surface area contributed by atoms with Crippen LogP contribution >= 0.6 is 35.4 Å². The van der Waals surface area contributed by atoms with Gasteiger partial charge in [0.05, 0.1) is 21.4 Å². The Balaban J connectivity index is 2.14. The number of hydrogen-bond acceptors (Lipinski definition) is 3. The molecule has 21 heavy (non-hydrogen) atoms. The molecule has 0 aliphatic heterocycles. The van der Waals surface area contributed by atoms with Crippen LogP contribution in [0.4, 0.5) is 11.4 Å². The second kappa shape index (κ2) is 7.11. The van der Waals surface area contributed by atoms with E-state index in [-0.39, 0.29) is 15.6 Å². The topological polar surface area (TPSA) is 64.5 Å². The van der Waals surface area contributed by atoms with Gasteiger partial charge in [0.1, 0.15) is 0 Å². The van der Waals surface area contributed by atoms with Gasteiger partial charge in [0.15, 0.2) is 5.11 Å². The van der Waals surface area contributed by atoms with Gasteiger partial charge in [-0.1, -0.05) is 47.5 Å². The maximum absolute atomic E-state index is 9.21. The lowest BCUT2D eigenvalue weighted by molar-refractivity contribution is 0.426. The van der Waals surface area contributed by atoms with E-state index >= 15 is 0 Å². The molecule has 8 heteroatoms. The summed E-state index contributed by atoms with van der Waals surface area (Å²) in [5, 5.41) is 25.3. The molecule has 0 spiro atoms. The summed E-state index contributed by atoms with van der Waals surface area (Å²) in [5.74, 6) is 0. The van der Waals surface area contributed by atoms with E-state index < -0.39 is 7.12 Å². The van der Waals surface area contributed by atoms with E-state index in [1.165, 1.54) is 6.07 Å². The van der Waals surface area contributed by atoms with Gasteiger partial charge >= 0.3 is 7.12 Å². The third kappa shape index (κ3) is 4.09. The van der Waals surface area contributed by atoms with Gasteiger partial charge in [0, 0.05) is 5.46 Å². The monoisotopic (exact) mass is 340 g/mol. The van der Waals surface area contributed by atoms with Crippen LogP contribution in [0.1, 0.15) is 0 Å². The lowest BCUT2D eigenvalue weighted by Crippen LogP contribution is -2.31. The van der Waals surface area contributed by atoms with Crippen molar-refractivity contribution >= 4 is 64.5 Å². The van der Waals surface area contributed by atoms with E-state index in [1.807, 2.05) is 12.1 Å². The van der Waals surface area contributed by atoms with Crippen LogP contribution in [0, 0.1) is 0 Å². The zero-order chi connectivity index (χ0) is 15.4. The van der Waals surface area contributed by atoms with E-state index in [4.69, 9.17) is 35.4 Å². The molecule has 2 rings (SSSR count). The molecule has 0 radical (unpaired) electrons. The van der Waals surface area contributed by atoms with Crippen molar-refractivity contribution in [1.82, 2.24) is 0 Å². The number of hydrogen-bond donors (Lipinski definition) is 4. The van der Waals surface area contributed by atoms with Crippen LogP contribution in [0.15, 0.2) is 42.5 Å². The van der Waals surface area contributed by atoms with Crippen molar-refractivity contribution < 1.29 is 10.0 Å². The lowest BCUT2D eigenvalue weighted by Gasteiger charge is -2.14. The predicted molar refractivity (Wildman–Crippen MR) is 92.6 cm³/mol. The molecule has 108 valence electrons. The number of para-hydroxylation sites is 1. The third-order valence-electron chi connectivity index (χ3n) is 2.68. The molecule has 0 aliphatic carbocycles. The molecule has 0 unspecified atom stereocenters. The van der Waals surface area contributed by atoms with Crippen LogP contribution < -0.4 is 16.1 Å². The van der Waals surface area contributed by atoms with Gasteiger partial charge < -0.3 is 20.7 Å². The smallest absolute Gasteiger partial charge is 0.423 e. The van der Waals surface area contributed by atoms with E-state index in [0.717, 1.165) is 0 Å². The SMILES string of the molecule is OB(O)c1cccc(NC(=S)Nc2ccccc2Cl)c1Cl. The molecule has 2 aromatic carbocycles. The predicted octanol–water partition coefficient (Wildman–Crippen LogP) is 2.48. The first-order valence-electron chi connectivity index (χ1n) is 5.96. The van der Waals surface area contributed by atoms with Crippen molar-refractivity contribution in [2.24, 2.45) is 0 Å². The van der Waals surface area contributed by atoms with E-state index in [0.29, 0.717) is 16.4 Å². The lowest BCUT2D eigenvalue weighted by atomic mass is 9.80. The molecule has 0 fully saturated rings. The zero-order valence-electron chi connectivity index (χ0n) is 10.7. The zero-order valence-corrected chi connectivity index (χ0v) is 13.0. The number of benzene rings is 2. The minimum Gasteiger partial charge on any atom is -0.423 e. The van der Waals surface area contributed by atoms with Crippen molar-refractivity contribution in [3.63, 3.8) is 0 Å². The maximum atomic E-state index is 9.21. The highest BCUT2D eigenvalue weighted by Crippen LogP contribution is 2.22. The van der Waals surface area contributed by atoms with Crippen LogP contribution in [0.25, 0.3) is 0 Å². The van der Waals surface area contributed by atoms with Crippen molar-refractivity contribution in [2.75, 3.05) is 10.6 Å². The van der Waals surface area contributed by atoms with Crippen LogP contribution in [0.5, 0.6) is 0 Å². The first-order valence-corrected chi connectivity index (χ1v) is 7.12. The number of nitrogens with one attached hydrogen (secondary N) is 2. The molecule has 0 saturated heterocycles. The summed E-state index contributed by atoms with van der Waals surface area (Å²) >= 11 is 17.3. The van der Waals surface area contributed by atoms with E-state index in [9.17, 15) is 10.0 Å². The molecule has 0 heterocycles. The summed E-state index contributed by atoms with van der Waals surface area (Å²) < 4.78 is 0. The Labute approximate surface area is 137 Å². The quantitative estimate of drug-likeness (QED) is 0.510. The molecule has 0 bridgehead atoms. The Morgan fingerprint density at radius 3 is 2.24 bits per heavy atom. The largest absolute Gasteiger partial charge is 0.490 e. The molecule has 2 aromatic rings. The first kappa shape index (κ1) is 16.1. The fourth-order valence-electron chi connectivity index (χ4n) is 1.68. The summed E-state index contributed by atoms with van der Waals surface area (Å²) in [6.07, 6.45) is 0. The molecule has 4 nitrogen and oxygen atoms in total. The van der Waals surface area contributed by atoms with Gasteiger partial charge in [-0.2, -0.15) is 0 Å². The minimum atomic E-state index is -1.65.